The van der Waals surface area contributed by atoms with Gasteiger partial charge in [-0.25, -0.2) is 0 Å². The average Bonchev–Trinajstić information content (AvgIpc) is 3.89. The molecule has 0 amide bonds. The second-order valence-electron chi connectivity index (χ2n) is 15.7. The van der Waals surface area contributed by atoms with E-state index in [0.717, 1.165) is 22.7 Å². The molecule has 0 saturated carbocycles. The van der Waals surface area contributed by atoms with Crippen molar-refractivity contribution >= 4 is 81.1 Å². The molecule has 0 aliphatic rings. The molecule has 0 fully saturated rings. The second kappa shape index (κ2) is 14.5. The fraction of sp³-hybridized carbons (Fsp3) is 0. The first-order chi connectivity index (χ1) is 30.2. The fourth-order valence-corrected chi connectivity index (χ4v) is 10.4. The summed E-state index contributed by atoms with van der Waals surface area (Å²) in [5, 5.41) is 7.55. The molecule has 0 bridgehead atoms. The predicted octanol–water partition coefficient (Wildman–Crippen LogP) is 16.8. The van der Waals surface area contributed by atoms with Crippen LogP contribution in [0.2, 0.25) is 0 Å². The maximum Gasteiger partial charge on any atom is 0.0619 e. The highest BCUT2D eigenvalue weighted by Crippen LogP contribution is 2.47. The average molecular weight is 795 g/mol. The lowest BCUT2D eigenvalue weighted by Crippen LogP contribution is -2.10. The quantitative estimate of drug-likeness (QED) is 0.156. The van der Waals surface area contributed by atoms with Crippen LogP contribution < -0.4 is 4.90 Å². The van der Waals surface area contributed by atoms with Crippen molar-refractivity contribution in [3.05, 3.63) is 231 Å². The largest absolute Gasteiger partial charge is 0.310 e. The molecule has 2 aromatic heterocycles. The molecule has 0 aliphatic carbocycles. The third kappa shape index (κ3) is 6.01. The summed E-state index contributed by atoms with van der Waals surface area (Å²) >= 11 is 1.86. The van der Waals surface area contributed by atoms with Gasteiger partial charge in [0.1, 0.15) is 0 Å². The first-order valence-corrected chi connectivity index (χ1v) is 21.6. The molecule has 12 aromatic rings. The summed E-state index contributed by atoms with van der Waals surface area (Å²) < 4.78 is 5.01. The molecular weight excluding hydrogens is 757 g/mol. The SMILES string of the molecule is c1ccc(-c2cc(-c3ccccc3)cc(N(c3ccc(-c4ccc5c6ccc7ccccc7c6n(-c6ccccc6)c5c4)cc3)c3cccc4sc5ccccc5c34)c2)cc1. The molecule has 0 radical (unpaired) electrons. The van der Waals surface area contributed by atoms with E-state index in [1.807, 2.05) is 11.3 Å². The third-order valence-corrected chi connectivity index (χ3v) is 13.3. The van der Waals surface area contributed by atoms with Crippen LogP contribution in [0.15, 0.2) is 231 Å². The highest BCUT2D eigenvalue weighted by atomic mass is 32.1. The minimum absolute atomic E-state index is 1.10. The first-order valence-electron chi connectivity index (χ1n) is 20.8. The molecule has 286 valence electrons. The van der Waals surface area contributed by atoms with Crippen molar-refractivity contribution < 1.29 is 0 Å². The Morgan fingerprint density at radius 1 is 0.344 bits per heavy atom. The van der Waals surface area contributed by atoms with Gasteiger partial charge in [0.05, 0.1) is 16.7 Å². The Morgan fingerprint density at radius 2 is 0.934 bits per heavy atom. The van der Waals surface area contributed by atoms with Gasteiger partial charge in [-0.2, -0.15) is 0 Å². The van der Waals surface area contributed by atoms with Crippen molar-refractivity contribution in [2.75, 3.05) is 4.90 Å². The molecule has 2 heterocycles. The first kappa shape index (κ1) is 35.2. The van der Waals surface area contributed by atoms with E-state index in [0.29, 0.717) is 0 Å². The summed E-state index contributed by atoms with van der Waals surface area (Å²) in [7, 11) is 0. The number of fused-ring (bicyclic) bond motifs is 8. The summed E-state index contributed by atoms with van der Waals surface area (Å²) in [5.41, 5.74) is 14.0. The van der Waals surface area contributed by atoms with Gasteiger partial charge in [0.15, 0.2) is 0 Å². The Balaban J connectivity index is 1.06. The molecule has 0 atom stereocenters. The fourth-order valence-electron chi connectivity index (χ4n) is 9.31. The number of rotatable bonds is 7. The molecule has 0 unspecified atom stereocenters. The molecule has 2 nitrogen and oxygen atoms in total. The molecule has 10 aromatic carbocycles. The minimum Gasteiger partial charge on any atom is -0.310 e. The topological polar surface area (TPSA) is 8.17 Å². The van der Waals surface area contributed by atoms with Crippen LogP contribution in [-0.4, -0.2) is 4.57 Å². The second-order valence-corrected chi connectivity index (χ2v) is 16.8. The van der Waals surface area contributed by atoms with Gasteiger partial charge in [-0.15, -0.1) is 11.3 Å². The van der Waals surface area contributed by atoms with Crippen LogP contribution in [-0.2, 0) is 0 Å². The molecule has 0 N–H and O–H groups in total. The third-order valence-electron chi connectivity index (χ3n) is 12.1. The number of thiophene rings is 1. The van der Waals surface area contributed by atoms with Crippen molar-refractivity contribution in [3.63, 3.8) is 0 Å². The van der Waals surface area contributed by atoms with Crippen LogP contribution in [0.5, 0.6) is 0 Å². The van der Waals surface area contributed by atoms with E-state index in [-0.39, 0.29) is 0 Å². The molecule has 0 saturated heterocycles. The number of para-hydroxylation sites is 1. The van der Waals surface area contributed by atoms with E-state index in [9.17, 15) is 0 Å². The zero-order chi connectivity index (χ0) is 40.3. The Hall–Kier alpha value is -7.72. The highest BCUT2D eigenvalue weighted by Gasteiger charge is 2.21. The lowest BCUT2D eigenvalue weighted by atomic mass is 9.97. The zero-order valence-electron chi connectivity index (χ0n) is 33.2. The standard InChI is InChI=1S/C58H38N2S/c1-4-15-39(16-5-1)44-35-45(40-17-6-2-7-18-40)37-48(36-44)59(53-24-14-26-56-57(53)52-23-12-13-25-55(52)61-56)47-31-27-41(28-32-47)43-30-33-50-51-34-29-42-19-10-11-22-49(42)58(51)60(54(50)38-43)46-20-8-3-9-21-46/h1-38H. The van der Waals surface area contributed by atoms with Crippen molar-refractivity contribution in [2.24, 2.45) is 0 Å². The number of anilines is 3. The van der Waals surface area contributed by atoms with Gasteiger partial charge in [0.25, 0.3) is 0 Å². The lowest BCUT2D eigenvalue weighted by Gasteiger charge is -2.28. The van der Waals surface area contributed by atoms with Crippen LogP contribution in [0.3, 0.4) is 0 Å². The van der Waals surface area contributed by atoms with Crippen molar-refractivity contribution in [3.8, 4) is 39.1 Å². The summed E-state index contributed by atoms with van der Waals surface area (Å²) in [6, 6.07) is 84.2. The molecular formula is C58H38N2S. The summed E-state index contributed by atoms with van der Waals surface area (Å²) in [6.07, 6.45) is 0. The molecule has 0 spiro atoms. The summed E-state index contributed by atoms with van der Waals surface area (Å²) in [5.74, 6) is 0. The highest BCUT2D eigenvalue weighted by molar-refractivity contribution is 7.26. The van der Waals surface area contributed by atoms with Crippen LogP contribution in [0.25, 0.3) is 91.8 Å². The van der Waals surface area contributed by atoms with E-state index in [1.165, 1.54) is 86.1 Å². The van der Waals surface area contributed by atoms with E-state index in [2.05, 4.69) is 240 Å². The van der Waals surface area contributed by atoms with E-state index in [1.54, 1.807) is 0 Å². The number of hydrogen-bond acceptors (Lipinski definition) is 2. The van der Waals surface area contributed by atoms with Crippen molar-refractivity contribution in [2.45, 2.75) is 0 Å². The Labute approximate surface area is 358 Å². The Bertz CT molecular complexity index is 3510. The number of nitrogens with zero attached hydrogens (tertiary/aromatic N) is 2. The predicted molar refractivity (Wildman–Crippen MR) is 262 cm³/mol. The van der Waals surface area contributed by atoms with Gasteiger partial charge in [-0.1, -0.05) is 164 Å². The van der Waals surface area contributed by atoms with Gasteiger partial charge in [-0.05, 0) is 105 Å². The van der Waals surface area contributed by atoms with Crippen LogP contribution in [0.4, 0.5) is 17.1 Å². The van der Waals surface area contributed by atoms with Gasteiger partial charge >= 0.3 is 0 Å². The van der Waals surface area contributed by atoms with Gasteiger partial charge in [0, 0.05) is 53.4 Å². The van der Waals surface area contributed by atoms with Gasteiger partial charge in [0.2, 0.25) is 0 Å². The zero-order valence-corrected chi connectivity index (χ0v) is 34.1. The van der Waals surface area contributed by atoms with E-state index >= 15 is 0 Å². The van der Waals surface area contributed by atoms with E-state index < -0.39 is 0 Å². The maximum absolute atomic E-state index is 2.46. The van der Waals surface area contributed by atoms with Crippen LogP contribution in [0, 0.1) is 0 Å². The monoisotopic (exact) mass is 794 g/mol. The molecule has 3 heteroatoms. The van der Waals surface area contributed by atoms with Crippen molar-refractivity contribution in [1.82, 2.24) is 4.57 Å². The summed E-state index contributed by atoms with van der Waals surface area (Å²) in [4.78, 5) is 2.46. The number of benzene rings is 10. The Morgan fingerprint density at radius 3 is 1.67 bits per heavy atom. The van der Waals surface area contributed by atoms with Gasteiger partial charge < -0.3 is 9.47 Å². The normalized spacial score (nSPS) is 11.6. The summed E-state index contributed by atoms with van der Waals surface area (Å²) in [6.45, 7) is 0. The Kier molecular flexibility index (Phi) is 8.39. The number of hydrogen-bond donors (Lipinski definition) is 0. The number of aromatic nitrogens is 1. The smallest absolute Gasteiger partial charge is 0.0619 e. The van der Waals surface area contributed by atoms with Crippen LogP contribution in [0.1, 0.15) is 0 Å². The van der Waals surface area contributed by atoms with E-state index in [4.69, 9.17) is 0 Å². The maximum atomic E-state index is 2.46. The lowest BCUT2D eigenvalue weighted by molar-refractivity contribution is 1.19. The minimum atomic E-state index is 1.10. The van der Waals surface area contributed by atoms with Crippen molar-refractivity contribution in [1.29, 1.82) is 0 Å². The molecule has 61 heavy (non-hydrogen) atoms. The molecule has 0 aliphatic heterocycles. The van der Waals surface area contributed by atoms with Crippen LogP contribution >= 0.6 is 11.3 Å². The molecule has 12 rings (SSSR count). The van der Waals surface area contributed by atoms with Gasteiger partial charge in [-0.3, -0.25) is 0 Å².